The SMILES string of the molecule is CC(C)N1CCCNC1c1ccc([N+](=O)[O-])cc1. The molecule has 0 bridgehead atoms. The van der Waals surface area contributed by atoms with E-state index in [0.29, 0.717) is 6.04 Å². The van der Waals surface area contributed by atoms with Crippen molar-refractivity contribution in [3.05, 3.63) is 39.9 Å². The van der Waals surface area contributed by atoms with Crippen molar-refractivity contribution in [2.24, 2.45) is 0 Å². The average molecular weight is 249 g/mol. The Balaban J connectivity index is 2.20. The third-order valence-corrected chi connectivity index (χ3v) is 3.35. The summed E-state index contributed by atoms with van der Waals surface area (Å²) >= 11 is 0. The quantitative estimate of drug-likeness (QED) is 0.659. The molecule has 1 aliphatic heterocycles. The molecular weight excluding hydrogens is 230 g/mol. The number of rotatable bonds is 3. The van der Waals surface area contributed by atoms with Crippen molar-refractivity contribution >= 4 is 5.69 Å². The summed E-state index contributed by atoms with van der Waals surface area (Å²) in [5.41, 5.74) is 1.24. The van der Waals surface area contributed by atoms with Gasteiger partial charge >= 0.3 is 0 Å². The summed E-state index contributed by atoms with van der Waals surface area (Å²) < 4.78 is 0. The van der Waals surface area contributed by atoms with Crippen LogP contribution in [0.2, 0.25) is 0 Å². The van der Waals surface area contributed by atoms with Crippen molar-refractivity contribution in [3.63, 3.8) is 0 Å². The highest BCUT2D eigenvalue weighted by Gasteiger charge is 2.25. The standard InChI is InChI=1S/C13H19N3O2/c1-10(2)15-9-3-8-14-13(15)11-4-6-12(7-5-11)16(17)18/h4-7,10,13-14H,3,8-9H2,1-2H3. The summed E-state index contributed by atoms with van der Waals surface area (Å²) in [4.78, 5) is 12.7. The van der Waals surface area contributed by atoms with E-state index in [1.165, 1.54) is 0 Å². The molecule has 1 heterocycles. The second-order valence-electron chi connectivity index (χ2n) is 4.89. The molecule has 5 nitrogen and oxygen atoms in total. The zero-order chi connectivity index (χ0) is 13.1. The van der Waals surface area contributed by atoms with Crippen LogP contribution in [0, 0.1) is 10.1 Å². The van der Waals surface area contributed by atoms with E-state index in [2.05, 4.69) is 24.1 Å². The fourth-order valence-electron chi connectivity index (χ4n) is 2.39. The van der Waals surface area contributed by atoms with E-state index in [0.717, 1.165) is 25.1 Å². The van der Waals surface area contributed by atoms with Gasteiger partial charge in [0.15, 0.2) is 0 Å². The lowest BCUT2D eigenvalue weighted by molar-refractivity contribution is -0.384. The molecule has 1 fully saturated rings. The van der Waals surface area contributed by atoms with Crippen LogP contribution in [0.3, 0.4) is 0 Å². The zero-order valence-corrected chi connectivity index (χ0v) is 10.8. The number of benzene rings is 1. The van der Waals surface area contributed by atoms with Crippen LogP contribution in [0.15, 0.2) is 24.3 Å². The Morgan fingerprint density at radius 2 is 2.06 bits per heavy atom. The van der Waals surface area contributed by atoms with Gasteiger partial charge in [0.05, 0.1) is 11.1 Å². The van der Waals surface area contributed by atoms with Crippen LogP contribution in [0.5, 0.6) is 0 Å². The molecule has 98 valence electrons. The van der Waals surface area contributed by atoms with Gasteiger partial charge < -0.3 is 0 Å². The predicted molar refractivity (Wildman–Crippen MR) is 70.3 cm³/mol. The zero-order valence-electron chi connectivity index (χ0n) is 10.8. The van der Waals surface area contributed by atoms with Gasteiger partial charge in [-0.3, -0.25) is 20.3 Å². The van der Waals surface area contributed by atoms with E-state index in [4.69, 9.17) is 0 Å². The second kappa shape index (κ2) is 5.46. The predicted octanol–water partition coefficient (Wildman–Crippen LogP) is 2.30. The van der Waals surface area contributed by atoms with Crippen molar-refractivity contribution in [1.82, 2.24) is 10.2 Å². The molecule has 0 saturated carbocycles. The number of nitrogens with one attached hydrogen (secondary N) is 1. The van der Waals surface area contributed by atoms with E-state index < -0.39 is 0 Å². The lowest BCUT2D eigenvalue weighted by Crippen LogP contribution is -2.47. The molecule has 2 rings (SSSR count). The first-order valence-corrected chi connectivity index (χ1v) is 6.33. The van der Waals surface area contributed by atoms with Crippen LogP contribution in [-0.2, 0) is 0 Å². The van der Waals surface area contributed by atoms with Gasteiger partial charge in [0.25, 0.3) is 5.69 Å². The number of nitro benzene ring substituents is 1. The molecule has 1 aromatic carbocycles. The summed E-state index contributed by atoms with van der Waals surface area (Å²) in [6.45, 7) is 6.40. The highest BCUT2D eigenvalue weighted by atomic mass is 16.6. The average Bonchev–Trinajstić information content (AvgIpc) is 2.39. The summed E-state index contributed by atoms with van der Waals surface area (Å²) in [5.74, 6) is 0. The monoisotopic (exact) mass is 249 g/mol. The van der Waals surface area contributed by atoms with E-state index >= 15 is 0 Å². The van der Waals surface area contributed by atoms with Crippen LogP contribution in [0.4, 0.5) is 5.69 Å². The largest absolute Gasteiger partial charge is 0.298 e. The van der Waals surface area contributed by atoms with Crippen molar-refractivity contribution < 1.29 is 4.92 Å². The number of nitro groups is 1. The molecular formula is C13H19N3O2. The first-order valence-electron chi connectivity index (χ1n) is 6.33. The Morgan fingerprint density at radius 1 is 1.39 bits per heavy atom. The summed E-state index contributed by atoms with van der Waals surface area (Å²) in [6, 6.07) is 7.29. The normalized spacial score (nSPS) is 21.2. The Labute approximate surface area is 107 Å². The minimum absolute atomic E-state index is 0.144. The Hall–Kier alpha value is -1.46. The van der Waals surface area contributed by atoms with Gasteiger partial charge in [-0.05, 0) is 44.5 Å². The molecule has 18 heavy (non-hydrogen) atoms. The van der Waals surface area contributed by atoms with Gasteiger partial charge in [-0.2, -0.15) is 0 Å². The van der Waals surface area contributed by atoms with Crippen LogP contribution in [0.1, 0.15) is 32.0 Å². The molecule has 1 unspecified atom stereocenters. The molecule has 0 radical (unpaired) electrons. The van der Waals surface area contributed by atoms with Gasteiger partial charge in [-0.25, -0.2) is 0 Å². The molecule has 1 atom stereocenters. The van der Waals surface area contributed by atoms with Crippen molar-refractivity contribution in [2.45, 2.75) is 32.5 Å². The third kappa shape index (κ3) is 2.68. The molecule has 0 aromatic heterocycles. The maximum Gasteiger partial charge on any atom is 0.269 e. The Kier molecular flexibility index (Phi) is 3.93. The summed E-state index contributed by atoms with van der Waals surface area (Å²) in [5, 5.41) is 14.1. The minimum atomic E-state index is -0.363. The van der Waals surface area contributed by atoms with Crippen molar-refractivity contribution in [3.8, 4) is 0 Å². The maximum atomic E-state index is 10.6. The maximum absolute atomic E-state index is 10.6. The molecule has 1 aromatic rings. The smallest absolute Gasteiger partial charge is 0.269 e. The molecule has 0 amide bonds. The highest BCUT2D eigenvalue weighted by molar-refractivity contribution is 5.34. The first kappa shape index (κ1) is 13.0. The van der Waals surface area contributed by atoms with Crippen LogP contribution < -0.4 is 5.32 Å². The Bertz CT molecular complexity index is 417. The minimum Gasteiger partial charge on any atom is -0.298 e. The molecule has 1 N–H and O–H groups in total. The number of hydrogen-bond donors (Lipinski definition) is 1. The van der Waals surface area contributed by atoms with Gasteiger partial charge in [-0.1, -0.05) is 0 Å². The fourth-order valence-corrected chi connectivity index (χ4v) is 2.39. The van der Waals surface area contributed by atoms with Crippen LogP contribution in [0.25, 0.3) is 0 Å². The summed E-state index contributed by atoms with van der Waals surface area (Å²) in [6.07, 6.45) is 1.31. The highest BCUT2D eigenvalue weighted by Crippen LogP contribution is 2.25. The molecule has 1 saturated heterocycles. The summed E-state index contributed by atoms with van der Waals surface area (Å²) in [7, 11) is 0. The molecule has 1 aliphatic rings. The topological polar surface area (TPSA) is 58.4 Å². The third-order valence-electron chi connectivity index (χ3n) is 3.35. The van der Waals surface area contributed by atoms with Gasteiger partial charge in [0.1, 0.15) is 0 Å². The number of hydrogen-bond acceptors (Lipinski definition) is 4. The molecule has 0 spiro atoms. The van der Waals surface area contributed by atoms with Crippen LogP contribution >= 0.6 is 0 Å². The van der Waals surface area contributed by atoms with Crippen LogP contribution in [-0.4, -0.2) is 29.0 Å². The fraction of sp³-hybridized carbons (Fsp3) is 0.538. The lowest BCUT2D eigenvalue weighted by atomic mass is 10.1. The molecule has 0 aliphatic carbocycles. The van der Waals surface area contributed by atoms with E-state index in [1.54, 1.807) is 12.1 Å². The number of non-ortho nitro benzene ring substituents is 1. The van der Waals surface area contributed by atoms with Gasteiger partial charge in [0.2, 0.25) is 0 Å². The van der Waals surface area contributed by atoms with E-state index in [9.17, 15) is 10.1 Å². The van der Waals surface area contributed by atoms with Gasteiger partial charge in [-0.15, -0.1) is 0 Å². The van der Waals surface area contributed by atoms with Crippen molar-refractivity contribution in [2.75, 3.05) is 13.1 Å². The van der Waals surface area contributed by atoms with Gasteiger partial charge in [0, 0.05) is 24.7 Å². The van der Waals surface area contributed by atoms with Crippen molar-refractivity contribution in [1.29, 1.82) is 0 Å². The second-order valence-corrected chi connectivity index (χ2v) is 4.89. The molecule has 5 heteroatoms. The number of nitrogens with zero attached hydrogens (tertiary/aromatic N) is 2. The van der Waals surface area contributed by atoms with E-state index in [-0.39, 0.29) is 16.8 Å². The first-order chi connectivity index (χ1) is 8.59. The van der Waals surface area contributed by atoms with E-state index in [1.807, 2.05) is 12.1 Å². The Morgan fingerprint density at radius 3 is 2.61 bits per heavy atom. The lowest BCUT2D eigenvalue weighted by Gasteiger charge is -2.39.